The van der Waals surface area contributed by atoms with Crippen molar-refractivity contribution in [3.05, 3.63) is 0 Å². The van der Waals surface area contributed by atoms with E-state index < -0.39 is 0 Å². The van der Waals surface area contributed by atoms with Crippen LogP contribution in [0.15, 0.2) is 4.99 Å². The normalized spacial score (nSPS) is 27.4. The fraction of sp³-hybridized carbons (Fsp3) is 0.857. The molecule has 2 fully saturated rings. The zero-order valence-electron chi connectivity index (χ0n) is 13.0. The van der Waals surface area contributed by atoms with Crippen LogP contribution in [-0.4, -0.2) is 49.8 Å². The van der Waals surface area contributed by atoms with Crippen LogP contribution in [0.2, 0.25) is 0 Å². The smallest absolute Gasteiger partial charge is 0.221 e. The van der Waals surface area contributed by atoms with Gasteiger partial charge in [-0.1, -0.05) is 0 Å². The maximum Gasteiger partial charge on any atom is 0.221 e. The molecule has 1 amide bonds. The van der Waals surface area contributed by atoms with Crippen molar-refractivity contribution < 1.29 is 9.53 Å². The van der Waals surface area contributed by atoms with Crippen LogP contribution < -0.4 is 16.0 Å². The zero-order chi connectivity index (χ0) is 14.5. The van der Waals surface area contributed by atoms with Gasteiger partial charge in [-0.15, -0.1) is 24.0 Å². The minimum Gasteiger partial charge on any atom is -0.373 e. The van der Waals surface area contributed by atoms with Gasteiger partial charge in [-0.2, -0.15) is 0 Å². The third-order valence-corrected chi connectivity index (χ3v) is 3.75. The molecular formula is C14H27IN4O2. The molecule has 0 aliphatic carbocycles. The van der Waals surface area contributed by atoms with Crippen LogP contribution in [0.5, 0.6) is 0 Å². The molecule has 0 aromatic heterocycles. The Bertz CT molecular complexity index is 376. The number of halogens is 1. The molecule has 21 heavy (non-hydrogen) atoms. The highest BCUT2D eigenvalue weighted by molar-refractivity contribution is 14.0. The number of fused-ring (bicyclic) bond motifs is 2. The second-order valence-corrected chi connectivity index (χ2v) is 5.83. The van der Waals surface area contributed by atoms with E-state index in [9.17, 15) is 4.79 Å². The summed E-state index contributed by atoms with van der Waals surface area (Å²) in [5, 5.41) is 9.45. The lowest BCUT2D eigenvalue weighted by Gasteiger charge is -2.22. The standard InChI is InChI=1S/C14H26N4O2.HI/c1-9(2)17-13(19)6-7-16-14(15-3)18-11-8-10-4-5-12(11)20-10;/h9-12H,4-8H2,1-3H3,(H,17,19)(H2,15,16,18);1H. The lowest BCUT2D eigenvalue weighted by atomic mass is 9.96. The van der Waals surface area contributed by atoms with Gasteiger partial charge >= 0.3 is 0 Å². The molecule has 3 unspecified atom stereocenters. The number of rotatable bonds is 5. The summed E-state index contributed by atoms with van der Waals surface area (Å²) in [5.74, 6) is 0.815. The van der Waals surface area contributed by atoms with E-state index in [4.69, 9.17) is 4.74 Å². The van der Waals surface area contributed by atoms with E-state index in [-0.39, 0.29) is 35.9 Å². The first-order valence-electron chi connectivity index (χ1n) is 7.50. The molecule has 6 nitrogen and oxygen atoms in total. The van der Waals surface area contributed by atoms with Gasteiger partial charge in [0.25, 0.3) is 0 Å². The minimum absolute atomic E-state index is 0. The molecule has 2 heterocycles. The number of hydrogen-bond acceptors (Lipinski definition) is 3. The van der Waals surface area contributed by atoms with Crippen molar-refractivity contribution in [3.63, 3.8) is 0 Å². The van der Waals surface area contributed by atoms with E-state index in [0.717, 1.165) is 18.8 Å². The molecule has 7 heteroatoms. The molecule has 122 valence electrons. The molecule has 2 aliphatic rings. The van der Waals surface area contributed by atoms with Crippen molar-refractivity contribution in [2.45, 2.75) is 63.8 Å². The first kappa shape index (κ1) is 18.5. The van der Waals surface area contributed by atoms with Crippen molar-refractivity contribution in [1.82, 2.24) is 16.0 Å². The molecule has 2 aliphatic heterocycles. The molecular weight excluding hydrogens is 383 g/mol. The highest BCUT2D eigenvalue weighted by Gasteiger charge is 2.41. The lowest BCUT2D eigenvalue weighted by molar-refractivity contribution is -0.121. The van der Waals surface area contributed by atoms with Gasteiger partial charge in [0.1, 0.15) is 0 Å². The molecule has 2 saturated heterocycles. The third kappa shape index (κ3) is 5.61. The third-order valence-electron chi connectivity index (χ3n) is 3.75. The van der Waals surface area contributed by atoms with Crippen LogP contribution in [0, 0.1) is 0 Å². The first-order valence-corrected chi connectivity index (χ1v) is 7.50. The number of carbonyl (C=O) groups excluding carboxylic acids is 1. The van der Waals surface area contributed by atoms with Gasteiger partial charge in [0, 0.05) is 26.1 Å². The Balaban J connectivity index is 0.00000220. The molecule has 2 bridgehead atoms. The molecule has 0 spiro atoms. The summed E-state index contributed by atoms with van der Waals surface area (Å²) in [6.45, 7) is 4.50. The highest BCUT2D eigenvalue weighted by atomic mass is 127. The van der Waals surface area contributed by atoms with Gasteiger partial charge < -0.3 is 20.7 Å². The molecule has 2 rings (SSSR count). The number of nitrogens with one attached hydrogen (secondary N) is 3. The SMILES string of the molecule is CN=C(NCCC(=O)NC(C)C)NC1CC2CCC1O2.I. The van der Waals surface area contributed by atoms with E-state index in [2.05, 4.69) is 20.9 Å². The molecule has 0 aromatic rings. The summed E-state index contributed by atoms with van der Waals surface area (Å²) in [4.78, 5) is 15.7. The van der Waals surface area contributed by atoms with Crippen LogP contribution in [0.3, 0.4) is 0 Å². The number of guanidine groups is 1. The average Bonchev–Trinajstić information content (AvgIpc) is 2.98. The average molecular weight is 410 g/mol. The van der Waals surface area contributed by atoms with E-state index in [1.54, 1.807) is 7.05 Å². The van der Waals surface area contributed by atoms with Crippen molar-refractivity contribution in [3.8, 4) is 0 Å². The van der Waals surface area contributed by atoms with Gasteiger partial charge in [-0.05, 0) is 33.1 Å². The van der Waals surface area contributed by atoms with Gasteiger partial charge in [0.05, 0.1) is 18.2 Å². The number of carbonyl (C=O) groups is 1. The predicted octanol–water partition coefficient (Wildman–Crippen LogP) is 1.00. The van der Waals surface area contributed by atoms with Gasteiger partial charge in [0.2, 0.25) is 5.91 Å². The Labute approximate surface area is 143 Å². The fourth-order valence-electron chi connectivity index (χ4n) is 2.85. The van der Waals surface area contributed by atoms with E-state index >= 15 is 0 Å². The summed E-state index contributed by atoms with van der Waals surface area (Å²) < 4.78 is 5.81. The summed E-state index contributed by atoms with van der Waals surface area (Å²) in [5.41, 5.74) is 0. The van der Waals surface area contributed by atoms with Gasteiger partial charge in [-0.25, -0.2) is 0 Å². The first-order chi connectivity index (χ1) is 9.58. The Morgan fingerprint density at radius 1 is 1.38 bits per heavy atom. The molecule has 0 radical (unpaired) electrons. The second kappa shape index (κ2) is 8.77. The van der Waals surface area contributed by atoms with E-state index in [1.165, 1.54) is 6.42 Å². The quantitative estimate of drug-likeness (QED) is 0.359. The monoisotopic (exact) mass is 410 g/mol. The van der Waals surface area contributed by atoms with Gasteiger partial charge in [0.15, 0.2) is 5.96 Å². The van der Waals surface area contributed by atoms with Crippen LogP contribution in [0.25, 0.3) is 0 Å². The van der Waals surface area contributed by atoms with Crippen molar-refractivity contribution >= 4 is 35.8 Å². The Morgan fingerprint density at radius 3 is 2.67 bits per heavy atom. The Morgan fingerprint density at radius 2 is 2.14 bits per heavy atom. The second-order valence-electron chi connectivity index (χ2n) is 5.83. The summed E-state index contributed by atoms with van der Waals surface area (Å²) in [6, 6.07) is 0.538. The number of nitrogens with zero attached hydrogens (tertiary/aromatic N) is 1. The lowest BCUT2D eigenvalue weighted by Crippen LogP contribution is -2.48. The summed E-state index contributed by atoms with van der Waals surface area (Å²) in [7, 11) is 1.75. The maximum atomic E-state index is 11.5. The van der Waals surface area contributed by atoms with E-state index in [1.807, 2.05) is 13.8 Å². The number of aliphatic imine (C=N–C) groups is 1. The van der Waals surface area contributed by atoms with Crippen LogP contribution >= 0.6 is 24.0 Å². The maximum absolute atomic E-state index is 11.5. The highest BCUT2D eigenvalue weighted by Crippen LogP contribution is 2.34. The minimum atomic E-state index is 0. The van der Waals surface area contributed by atoms with Crippen LogP contribution in [0.1, 0.15) is 39.5 Å². The Hall–Kier alpha value is -0.570. The number of ether oxygens (including phenoxy) is 1. The number of hydrogen-bond donors (Lipinski definition) is 3. The van der Waals surface area contributed by atoms with Crippen LogP contribution in [0.4, 0.5) is 0 Å². The van der Waals surface area contributed by atoms with E-state index in [0.29, 0.717) is 31.2 Å². The summed E-state index contributed by atoms with van der Waals surface area (Å²) >= 11 is 0. The Kier molecular flexibility index (Phi) is 7.72. The fourth-order valence-corrected chi connectivity index (χ4v) is 2.85. The largest absolute Gasteiger partial charge is 0.373 e. The molecule has 3 N–H and O–H groups in total. The zero-order valence-corrected chi connectivity index (χ0v) is 15.3. The molecule has 0 saturated carbocycles. The number of amides is 1. The van der Waals surface area contributed by atoms with Crippen molar-refractivity contribution in [2.75, 3.05) is 13.6 Å². The summed E-state index contributed by atoms with van der Waals surface area (Å²) in [6.07, 6.45) is 4.57. The van der Waals surface area contributed by atoms with Gasteiger partial charge in [-0.3, -0.25) is 9.79 Å². The van der Waals surface area contributed by atoms with Crippen molar-refractivity contribution in [1.29, 1.82) is 0 Å². The van der Waals surface area contributed by atoms with Crippen LogP contribution in [-0.2, 0) is 9.53 Å². The van der Waals surface area contributed by atoms with Crippen molar-refractivity contribution in [2.24, 2.45) is 4.99 Å². The molecule has 0 aromatic carbocycles. The molecule has 3 atom stereocenters. The predicted molar refractivity (Wildman–Crippen MR) is 94.1 cm³/mol. The topological polar surface area (TPSA) is 74.8 Å².